The predicted octanol–water partition coefficient (Wildman–Crippen LogP) is 1.73. The summed E-state index contributed by atoms with van der Waals surface area (Å²) in [5, 5.41) is 3.54. The topological polar surface area (TPSA) is 55.4 Å². The third-order valence-electron chi connectivity index (χ3n) is 5.36. The number of rotatable bonds is 7. The van der Waals surface area contributed by atoms with Crippen LogP contribution in [0.4, 0.5) is 0 Å². The van der Waals surface area contributed by atoms with Crippen LogP contribution in [0.5, 0.6) is 0 Å². The van der Waals surface area contributed by atoms with E-state index in [1.165, 1.54) is 38.5 Å². The van der Waals surface area contributed by atoms with Crippen molar-refractivity contribution in [3.63, 3.8) is 0 Å². The Hall–Kier alpha value is -0.130. The molecule has 5 heteroatoms. The minimum atomic E-state index is -2.67. The van der Waals surface area contributed by atoms with Gasteiger partial charge >= 0.3 is 0 Å². The molecule has 0 spiro atoms. The Labute approximate surface area is 117 Å². The summed E-state index contributed by atoms with van der Waals surface area (Å²) in [6.07, 6.45) is 9.52. The Kier molecular flexibility index (Phi) is 4.15. The van der Waals surface area contributed by atoms with Crippen LogP contribution in [-0.4, -0.2) is 28.1 Å². The summed E-state index contributed by atoms with van der Waals surface area (Å²) in [6, 6.07) is 0. The van der Waals surface area contributed by atoms with Crippen molar-refractivity contribution in [2.45, 2.75) is 44.9 Å². The average Bonchev–Trinajstić information content (AvgIpc) is 2.31. The third-order valence-corrected chi connectivity index (χ3v) is 5.75. The number of thiol groups is 1. The van der Waals surface area contributed by atoms with Crippen molar-refractivity contribution in [3.05, 3.63) is 0 Å². The lowest BCUT2D eigenvalue weighted by Gasteiger charge is -2.57. The van der Waals surface area contributed by atoms with Crippen LogP contribution in [0.1, 0.15) is 44.9 Å². The molecule has 0 radical (unpaired) electrons. The molecule has 4 fully saturated rings. The Morgan fingerprint density at radius 1 is 1.05 bits per heavy atom. The van der Waals surface area contributed by atoms with E-state index >= 15 is 0 Å². The van der Waals surface area contributed by atoms with Crippen molar-refractivity contribution in [1.29, 1.82) is 0 Å². The zero-order chi connectivity index (χ0) is 13.3. The van der Waals surface area contributed by atoms with Gasteiger partial charge in [-0.3, -0.25) is 4.18 Å². The first-order chi connectivity index (χ1) is 9.15. The highest BCUT2D eigenvalue weighted by Crippen LogP contribution is 2.59. The SMILES string of the molecule is O=[SH](=O)OCCCNCC12CC3CC(CC(C3)C1)C2. The molecule has 0 atom stereocenters. The van der Waals surface area contributed by atoms with Crippen LogP contribution in [-0.2, 0) is 15.2 Å². The maximum Gasteiger partial charge on any atom is 0.257 e. The quantitative estimate of drug-likeness (QED) is 0.553. The summed E-state index contributed by atoms with van der Waals surface area (Å²) in [7, 11) is -2.67. The fourth-order valence-corrected chi connectivity index (χ4v) is 5.47. The van der Waals surface area contributed by atoms with Crippen LogP contribution in [0.25, 0.3) is 0 Å². The van der Waals surface area contributed by atoms with E-state index < -0.39 is 11.0 Å². The number of nitrogens with one attached hydrogen (secondary N) is 1. The summed E-state index contributed by atoms with van der Waals surface area (Å²) < 4.78 is 25.1. The number of hydrogen-bond donors (Lipinski definition) is 2. The second-order valence-electron chi connectivity index (χ2n) is 7.00. The molecule has 0 aromatic rings. The summed E-state index contributed by atoms with van der Waals surface area (Å²) >= 11 is 0. The molecule has 110 valence electrons. The lowest BCUT2D eigenvalue weighted by Crippen LogP contribution is -2.50. The molecule has 0 heterocycles. The molecular formula is C14H25NO3S. The Morgan fingerprint density at radius 2 is 1.63 bits per heavy atom. The van der Waals surface area contributed by atoms with Crippen molar-refractivity contribution in [2.24, 2.45) is 23.2 Å². The van der Waals surface area contributed by atoms with Crippen LogP contribution in [0.15, 0.2) is 0 Å². The molecule has 4 nitrogen and oxygen atoms in total. The van der Waals surface area contributed by atoms with Gasteiger partial charge in [0.1, 0.15) is 0 Å². The van der Waals surface area contributed by atoms with Crippen molar-refractivity contribution >= 4 is 11.0 Å². The fourth-order valence-electron chi connectivity index (χ4n) is 5.20. The normalized spacial score (nSPS) is 40.2. The predicted molar refractivity (Wildman–Crippen MR) is 74.4 cm³/mol. The minimum absolute atomic E-state index is 0.312. The van der Waals surface area contributed by atoms with E-state index in [9.17, 15) is 8.42 Å². The van der Waals surface area contributed by atoms with Crippen molar-refractivity contribution < 1.29 is 12.6 Å². The Balaban J connectivity index is 1.40. The summed E-state index contributed by atoms with van der Waals surface area (Å²) in [5.41, 5.74) is 0.569. The van der Waals surface area contributed by atoms with E-state index in [-0.39, 0.29) is 0 Å². The largest absolute Gasteiger partial charge is 0.316 e. The van der Waals surface area contributed by atoms with Gasteiger partial charge in [-0.25, -0.2) is 8.42 Å². The Morgan fingerprint density at radius 3 is 2.16 bits per heavy atom. The van der Waals surface area contributed by atoms with Gasteiger partial charge in [-0.05, 0) is 74.7 Å². The van der Waals surface area contributed by atoms with Gasteiger partial charge in [-0.15, -0.1) is 0 Å². The first-order valence-electron chi connectivity index (χ1n) is 7.63. The summed E-state index contributed by atoms with van der Waals surface area (Å²) in [4.78, 5) is 0. The third kappa shape index (κ3) is 3.31. The van der Waals surface area contributed by atoms with E-state index in [2.05, 4.69) is 9.50 Å². The van der Waals surface area contributed by atoms with Crippen LogP contribution >= 0.6 is 0 Å². The molecule has 4 aliphatic carbocycles. The van der Waals surface area contributed by atoms with Gasteiger partial charge in [-0.2, -0.15) is 0 Å². The molecule has 0 aliphatic heterocycles. The molecule has 0 saturated heterocycles. The van der Waals surface area contributed by atoms with Crippen molar-refractivity contribution in [1.82, 2.24) is 5.32 Å². The zero-order valence-corrected chi connectivity index (χ0v) is 12.4. The first kappa shape index (κ1) is 13.8. The second-order valence-corrected chi connectivity index (χ2v) is 7.71. The first-order valence-corrected chi connectivity index (χ1v) is 8.73. The van der Waals surface area contributed by atoms with Gasteiger partial charge in [0.05, 0.1) is 6.61 Å². The van der Waals surface area contributed by atoms with E-state index in [4.69, 9.17) is 0 Å². The highest BCUT2D eigenvalue weighted by molar-refractivity contribution is 7.67. The molecule has 0 aromatic heterocycles. The Bertz CT molecular complexity index is 351. The van der Waals surface area contributed by atoms with Gasteiger partial charge in [0, 0.05) is 6.54 Å². The molecule has 1 N–H and O–H groups in total. The molecule has 4 aliphatic rings. The van der Waals surface area contributed by atoms with Crippen LogP contribution in [0.2, 0.25) is 0 Å². The van der Waals surface area contributed by atoms with E-state index in [1.807, 2.05) is 0 Å². The summed E-state index contributed by atoms with van der Waals surface area (Å²) in [5.74, 6) is 3.00. The van der Waals surface area contributed by atoms with Gasteiger partial charge in [0.15, 0.2) is 0 Å². The van der Waals surface area contributed by atoms with Crippen LogP contribution in [0.3, 0.4) is 0 Å². The molecular weight excluding hydrogens is 262 g/mol. The molecule has 0 unspecified atom stereocenters. The standard InChI is InChI=1S/C14H25NO3S/c16-19(17)18-3-1-2-15-10-14-7-11-4-12(8-14)6-13(5-11)9-14/h11-13,15,19H,1-10H2. The maximum atomic E-state index is 10.3. The van der Waals surface area contributed by atoms with E-state index in [0.717, 1.165) is 37.3 Å². The van der Waals surface area contributed by atoms with Gasteiger partial charge < -0.3 is 5.32 Å². The van der Waals surface area contributed by atoms with Gasteiger partial charge in [0.2, 0.25) is 0 Å². The fraction of sp³-hybridized carbons (Fsp3) is 1.00. The molecule has 4 rings (SSSR count). The van der Waals surface area contributed by atoms with E-state index in [1.54, 1.807) is 0 Å². The highest BCUT2D eigenvalue weighted by Gasteiger charge is 2.50. The molecule has 0 aromatic carbocycles. The van der Waals surface area contributed by atoms with Crippen LogP contribution in [0, 0.1) is 23.2 Å². The number of hydrogen-bond acceptors (Lipinski definition) is 4. The molecule has 4 bridgehead atoms. The smallest absolute Gasteiger partial charge is 0.257 e. The molecule has 4 saturated carbocycles. The molecule has 19 heavy (non-hydrogen) atoms. The maximum absolute atomic E-state index is 10.3. The highest BCUT2D eigenvalue weighted by atomic mass is 32.2. The summed E-state index contributed by atoms with van der Waals surface area (Å²) in [6.45, 7) is 2.30. The van der Waals surface area contributed by atoms with Gasteiger partial charge in [-0.1, -0.05) is 0 Å². The monoisotopic (exact) mass is 287 g/mol. The minimum Gasteiger partial charge on any atom is -0.316 e. The lowest BCUT2D eigenvalue weighted by atomic mass is 9.49. The van der Waals surface area contributed by atoms with Crippen molar-refractivity contribution in [2.75, 3.05) is 19.7 Å². The lowest BCUT2D eigenvalue weighted by molar-refractivity contribution is -0.0512. The van der Waals surface area contributed by atoms with Crippen molar-refractivity contribution in [3.8, 4) is 0 Å². The molecule has 0 amide bonds. The zero-order valence-electron chi connectivity index (χ0n) is 11.5. The van der Waals surface area contributed by atoms with E-state index in [0.29, 0.717) is 12.0 Å². The van der Waals surface area contributed by atoms with Gasteiger partial charge in [0.25, 0.3) is 11.0 Å². The van der Waals surface area contributed by atoms with Crippen LogP contribution < -0.4 is 5.32 Å². The average molecular weight is 287 g/mol. The second kappa shape index (κ2) is 5.70.